The maximum Gasteiger partial charge on any atom is 0.223 e. The number of rotatable bonds is 5. The fourth-order valence-electron chi connectivity index (χ4n) is 2.16. The first-order valence-corrected chi connectivity index (χ1v) is 8.73. The molecule has 1 aliphatic heterocycles. The van der Waals surface area contributed by atoms with Crippen LogP contribution < -0.4 is 5.32 Å². The molecule has 0 radical (unpaired) electrons. The molecule has 2 amide bonds. The van der Waals surface area contributed by atoms with Crippen LogP contribution >= 0.6 is 0 Å². The smallest absolute Gasteiger partial charge is 0.223 e. The molecule has 1 aliphatic rings. The van der Waals surface area contributed by atoms with Crippen molar-refractivity contribution in [2.75, 3.05) is 13.1 Å². The minimum atomic E-state index is 0.123. The van der Waals surface area contributed by atoms with Gasteiger partial charge in [0.25, 0.3) is 0 Å². The van der Waals surface area contributed by atoms with Gasteiger partial charge in [-0.25, -0.2) is 0 Å². The van der Waals surface area contributed by atoms with Crippen LogP contribution in [0.4, 0.5) is 0 Å². The first-order valence-electron chi connectivity index (χ1n) is 8.73. The summed E-state index contributed by atoms with van der Waals surface area (Å²) in [6, 6.07) is 0.253. The Kier molecular flexibility index (Phi) is 10.1. The third kappa shape index (κ3) is 9.06. The molecule has 0 saturated carbocycles. The van der Waals surface area contributed by atoms with Gasteiger partial charge in [0.05, 0.1) is 0 Å². The number of hydrogen-bond acceptors (Lipinski definition) is 2. The third-order valence-electron chi connectivity index (χ3n) is 3.89. The van der Waals surface area contributed by atoms with E-state index in [1.807, 2.05) is 25.7 Å². The van der Waals surface area contributed by atoms with Crippen molar-refractivity contribution < 1.29 is 9.59 Å². The summed E-state index contributed by atoms with van der Waals surface area (Å²) in [4.78, 5) is 24.7. The summed E-state index contributed by atoms with van der Waals surface area (Å²) in [7, 11) is 0. The molecule has 1 N–H and O–H groups in total. The molecule has 0 aromatic carbocycles. The maximum absolute atomic E-state index is 11.4. The molecule has 0 aliphatic carbocycles. The first-order chi connectivity index (χ1) is 10.1. The summed E-state index contributed by atoms with van der Waals surface area (Å²) < 4.78 is 0. The Morgan fingerprint density at radius 2 is 1.45 bits per heavy atom. The number of hydrogen-bond donors (Lipinski definition) is 1. The Bertz CT molecular complexity index is 312. The van der Waals surface area contributed by atoms with Crippen molar-refractivity contribution in [1.29, 1.82) is 0 Å². The lowest BCUT2D eigenvalue weighted by molar-refractivity contribution is -0.131. The number of carbonyl (C=O) groups is 2. The van der Waals surface area contributed by atoms with Gasteiger partial charge in [-0.05, 0) is 38.5 Å². The van der Waals surface area contributed by atoms with Crippen LogP contribution in [-0.2, 0) is 9.59 Å². The van der Waals surface area contributed by atoms with E-state index in [1.165, 1.54) is 12.8 Å². The molecule has 1 rings (SSSR count). The van der Waals surface area contributed by atoms with Crippen LogP contribution in [0.5, 0.6) is 0 Å². The Hall–Kier alpha value is -1.06. The lowest BCUT2D eigenvalue weighted by Gasteiger charge is -2.16. The minimum absolute atomic E-state index is 0.123. The molecule has 4 heteroatoms. The van der Waals surface area contributed by atoms with Crippen molar-refractivity contribution in [2.45, 2.75) is 73.8 Å². The summed E-state index contributed by atoms with van der Waals surface area (Å²) in [5.74, 6) is 1.56. The number of nitrogens with zero attached hydrogens (tertiary/aromatic N) is 1. The molecule has 0 bridgehead atoms. The predicted molar refractivity (Wildman–Crippen MR) is 92.5 cm³/mol. The van der Waals surface area contributed by atoms with Gasteiger partial charge in [-0.3, -0.25) is 9.59 Å². The number of amides is 2. The molecule has 0 spiro atoms. The van der Waals surface area contributed by atoms with Gasteiger partial charge in [0.15, 0.2) is 0 Å². The summed E-state index contributed by atoms with van der Waals surface area (Å²) in [6.45, 7) is 16.2. The van der Waals surface area contributed by atoms with Crippen LogP contribution in [0.15, 0.2) is 0 Å². The fourth-order valence-corrected chi connectivity index (χ4v) is 2.16. The van der Waals surface area contributed by atoms with Crippen LogP contribution in [0, 0.1) is 17.8 Å². The molecule has 0 aromatic heterocycles. The van der Waals surface area contributed by atoms with E-state index in [0.29, 0.717) is 17.7 Å². The lowest BCUT2D eigenvalue weighted by Crippen LogP contribution is -2.36. The van der Waals surface area contributed by atoms with Gasteiger partial charge in [0, 0.05) is 31.5 Å². The Morgan fingerprint density at radius 3 is 1.82 bits per heavy atom. The van der Waals surface area contributed by atoms with Gasteiger partial charge >= 0.3 is 0 Å². The lowest BCUT2D eigenvalue weighted by atomic mass is 9.97. The second-order valence-corrected chi connectivity index (χ2v) is 7.38. The molecule has 130 valence electrons. The molecule has 4 nitrogen and oxygen atoms in total. The van der Waals surface area contributed by atoms with E-state index in [0.717, 1.165) is 19.5 Å². The summed E-state index contributed by atoms with van der Waals surface area (Å²) >= 11 is 0. The quantitative estimate of drug-likeness (QED) is 0.845. The molecule has 1 atom stereocenters. The zero-order valence-corrected chi connectivity index (χ0v) is 15.6. The van der Waals surface area contributed by atoms with Gasteiger partial charge < -0.3 is 10.2 Å². The molecule has 1 fully saturated rings. The number of nitrogens with one attached hydrogen (secondary N) is 1. The van der Waals surface area contributed by atoms with E-state index >= 15 is 0 Å². The SMILES string of the molecule is CC(C)CC(=O)N1CCCC1.CC(C)NC(=O)C(C)C(C)C. The van der Waals surface area contributed by atoms with E-state index in [4.69, 9.17) is 0 Å². The molecule has 0 aromatic rings. The van der Waals surface area contributed by atoms with E-state index < -0.39 is 0 Å². The van der Waals surface area contributed by atoms with Crippen molar-refractivity contribution in [3.05, 3.63) is 0 Å². The monoisotopic (exact) mass is 312 g/mol. The average molecular weight is 312 g/mol. The molecular formula is C18H36N2O2. The third-order valence-corrected chi connectivity index (χ3v) is 3.89. The highest BCUT2D eigenvalue weighted by atomic mass is 16.2. The highest BCUT2D eigenvalue weighted by Gasteiger charge is 2.18. The predicted octanol–water partition coefficient (Wildman–Crippen LogP) is 3.46. The standard InChI is InChI=1S/C9H17NO.C9H19NO/c1-8(2)7-9(11)10-5-3-4-6-10;1-6(2)8(5)9(11)10-7(3)4/h8H,3-7H2,1-2H3;6-8H,1-5H3,(H,10,11). The molecule has 1 unspecified atom stereocenters. The summed E-state index contributed by atoms with van der Waals surface area (Å²) in [5, 5.41) is 2.88. The van der Waals surface area contributed by atoms with Crippen LogP contribution in [0.25, 0.3) is 0 Å². The Balaban J connectivity index is 0.000000401. The maximum atomic E-state index is 11.4. The van der Waals surface area contributed by atoms with Gasteiger partial charge in [0.2, 0.25) is 11.8 Å². The van der Waals surface area contributed by atoms with Gasteiger partial charge in [-0.1, -0.05) is 34.6 Å². The van der Waals surface area contributed by atoms with Crippen LogP contribution in [0.1, 0.15) is 67.7 Å². The van der Waals surface area contributed by atoms with Gasteiger partial charge in [-0.15, -0.1) is 0 Å². The molecule has 1 heterocycles. The van der Waals surface area contributed by atoms with Crippen LogP contribution in [-0.4, -0.2) is 35.8 Å². The van der Waals surface area contributed by atoms with Crippen LogP contribution in [0.2, 0.25) is 0 Å². The number of carbonyl (C=O) groups excluding carboxylic acids is 2. The molecule has 1 saturated heterocycles. The normalized spacial score (nSPS) is 15.8. The van der Waals surface area contributed by atoms with Crippen molar-refractivity contribution in [1.82, 2.24) is 10.2 Å². The largest absolute Gasteiger partial charge is 0.354 e. The molecular weight excluding hydrogens is 276 g/mol. The highest BCUT2D eigenvalue weighted by molar-refractivity contribution is 5.78. The zero-order chi connectivity index (χ0) is 17.3. The minimum Gasteiger partial charge on any atom is -0.354 e. The zero-order valence-electron chi connectivity index (χ0n) is 15.6. The van der Waals surface area contributed by atoms with Gasteiger partial charge in [0.1, 0.15) is 0 Å². The Morgan fingerprint density at radius 1 is 0.955 bits per heavy atom. The average Bonchev–Trinajstić information content (AvgIpc) is 2.90. The van der Waals surface area contributed by atoms with E-state index in [-0.39, 0.29) is 17.9 Å². The van der Waals surface area contributed by atoms with Crippen molar-refractivity contribution in [3.63, 3.8) is 0 Å². The topological polar surface area (TPSA) is 49.4 Å². The second kappa shape index (κ2) is 10.6. The van der Waals surface area contributed by atoms with Gasteiger partial charge in [-0.2, -0.15) is 0 Å². The van der Waals surface area contributed by atoms with E-state index in [9.17, 15) is 9.59 Å². The van der Waals surface area contributed by atoms with Crippen molar-refractivity contribution in [2.24, 2.45) is 17.8 Å². The van der Waals surface area contributed by atoms with Crippen molar-refractivity contribution in [3.8, 4) is 0 Å². The highest BCUT2D eigenvalue weighted by Crippen LogP contribution is 2.11. The summed E-state index contributed by atoms with van der Waals surface area (Å²) in [5.41, 5.74) is 0. The first kappa shape index (κ1) is 20.9. The molecule has 22 heavy (non-hydrogen) atoms. The summed E-state index contributed by atoms with van der Waals surface area (Å²) in [6.07, 6.45) is 3.12. The Labute approximate surface area is 137 Å². The fraction of sp³-hybridized carbons (Fsp3) is 0.889. The van der Waals surface area contributed by atoms with E-state index in [2.05, 4.69) is 33.0 Å². The van der Waals surface area contributed by atoms with E-state index in [1.54, 1.807) is 0 Å². The van der Waals surface area contributed by atoms with Crippen molar-refractivity contribution >= 4 is 11.8 Å². The van der Waals surface area contributed by atoms with Crippen LogP contribution in [0.3, 0.4) is 0 Å². The second-order valence-electron chi connectivity index (χ2n) is 7.38. The number of likely N-dealkylation sites (tertiary alicyclic amines) is 1.